The number of amides is 1. The highest BCUT2D eigenvalue weighted by Gasteiger charge is 2.32. The summed E-state index contributed by atoms with van der Waals surface area (Å²) in [5.74, 6) is -1.05. The van der Waals surface area contributed by atoms with Crippen LogP contribution in [0.15, 0.2) is 12.1 Å². The molecule has 2 atom stereocenters. The Morgan fingerprint density at radius 2 is 2.28 bits per heavy atom. The van der Waals surface area contributed by atoms with Gasteiger partial charge in [0.1, 0.15) is 11.9 Å². The van der Waals surface area contributed by atoms with Crippen molar-refractivity contribution >= 4 is 11.6 Å². The standard InChI is InChI=1S/C13H16FNO3/c1-3-8-9-4-7(11(16)6-18-2)5-10(14)12(9)15-13(8)17/h4-5,8,11,16H,3,6H2,1-2H3,(H,15,17). The molecule has 1 amide bonds. The number of methoxy groups -OCH3 is 1. The van der Waals surface area contributed by atoms with Crippen LogP contribution >= 0.6 is 0 Å². The maximum atomic E-state index is 13.9. The average molecular weight is 253 g/mol. The predicted octanol–water partition coefficient (Wildman–Crippen LogP) is 1.95. The van der Waals surface area contributed by atoms with Crippen molar-refractivity contribution in [3.63, 3.8) is 0 Å². The van der Waals surface area contributed by atoms with Crippen LogP contribution in [0.25, 0.3) is 0 Å². The molecule has 0 fully saturated rings. The van der Waals surface area contributed by atoms with Crippen molar-refractivity contribution in [2.45, 2.75) is 25.4 Å². The van der Waals surface area contributed by atoms with Crippen LogP contribution in [0.5, 0.6) is 0 Å². The fraction of sp³-hybridized carbons (Fsp3) is 0.462. The van der Waals surface area contributed by atoms with Crippen LogP contribution in [0.4, 0.5) is 10.1 Å². The first kappa shape index (κ1) is 13.0. The number of anilines is 1. The molecule has 0 aromatic heterocycles. The molecule has 1 heterocycles. The molecule has 0 aliphatic carbocycles. The van der Waals surface area contributed by atoms with Gasteiger partial charge in [-0.3, -0.25) is 4.79 Å². The number of carbonyl (C=O) groups excluding carboxylic acids is 1. The van der Waals surface area contributed by atoms with Crippen molar-refractivity contribution in [3.8, 4) is 0 Å². The van der Waals surface area contributed by atoms with Crippen LogP contribution in [0.2, 0.25) is 0 Å². The van der Waals surface area contributed by atoms with Crippen LogP contribution < -0.4 is 5.32 Å². The van der Waals surface area contributed by atoms with Gasteiger partial charge in [0.15, 0.2) is 0 Å². The summed E-state index contributed by atoms with van der Waals surface area (Å²) in [5.41, 5.74) is 1.29. The van der Waals surface area contributed by atoms with Crippen LogP contribution in [-0.4, -0.2) is 24.7 Å². The smallest absolute Gasteiger partial charge is 0.232 e. The number of hydrogen-bond acceptors (Lipinski definition) is 3. The quantitative estimate of drug-likeness (QED) is 0.862. The second kappa shape index (κ2) is 5.04. The third kappa shape index (κ3) is 2.11. The zero-order chi connectivity index (χ0) is 13.3. The molecule has 2 unspecified atom stereocenters. The van der Waals surface area contributed by atoms with Crippen LogP contribution in [-0.2, 0) is 9.53 Å². The van der Waals surface area contributed by atoms with Gasteiger partial charge in [-0.15, -0.1) is 0 Å². The molecule has 5 heteroatoms. The molecule has 18 heavy (non-hydrogen) atoms. The summed E-state index contributed by atoms with van der Waals surface area (Å²) in [7, 11) is 1.47. The van der Waals surface area contributed by atoms with Gasteiger partial charge in [-0.2, -0.15) is 0 Å². The van der Waals surface area contributed by atoms with Crippen LogP contribution in [0.1, 0.15) is 36.5 Å². The molecule has 0 saturated carbocycles. The minimum atomic E-state index is -0.886. The number of fused-ring (bicyclic) bond motifs is 1. The molecule has 98 valence electrons. The lowest BCUT2D eigenvalue weighted by Crippen LogP contribution is -2.11. The lowest BCUT2D eigenvalue weighted by molar-refractivity contribution is -0.117. The van der Waals surface area contributed by atoms with Crippen molar-refractivity contribution in [3.05, 3.63) is 29.1 Å². The second-order valence-electron chi connectivity index (χ2n) is 4.39. The number of halogens is 1. The summed E-state index contributed by atoms with van der Waals surface area (Å²) >= 11 is 0. The van der Waals surface area contributed by atoms with Gasteiger partial charge in [0.25, 0.3) is 0 Å². The summed E-state index contributed by atoms with van der Waals surface area (Å²) in [6.45, 7) is 1.96. The van der Waals surface area contributed by atoms with Gasteiger partial charge in [0, 0.05) is 7.11 Å². The first-order valence-electron chi connectivity index (χ1n) is 5.89. The molecule has 0 bridgehead atoms. The minimum absolute atomic E-state index is 0.0936. The van der Waals surface area contributed by atoms with E-state index in [0.717, 1.165) is 0 Å². The molecule has 1 aliphatic heterocycles. The van der Waals surface area contributed by atoms with Crippen molar-refractivity contribution < 1.29 is 19.0 Å². The maximum absolute atomic E-state index is 13.9. The number of hydrogen-bond donors (Lipinski definition) is 2. The maximum Gasteiger partial charge on any atom is 0.232 e. The zero-order valence-corrected chi connectivity index (χ0v) is 10.4. The van der Waals surface area contributed by atoms with E-state index in [1.807, 2.05) is 6.92 Å². The first-order chi connectivity index (χ1) is 8.58. The van der Waals surface area contributed by atoms with E-state index in [1.165, 1.54) is 13.2 Å². The Balaban J connectivity index is 2.42. The van der Waals surface area contributed by atoms with Crippen LogP contribution in [0, 0.1) is 5.82 Å². The van der Waals surface area contributed by atoms with Gasteiger partial charge in [0.05, 0.1) is 18.2 Å². The molecular weight excluding hydrogens is 237 g/mol. The molecule has 0 spiro atoms. The third-order valence-electron chi connectivity index (χ3n) is 3.20. The van der Waals surface area contributed by atoms with Crippen LogP contribution in [0.3, 0.4) is 0 Å². The van der Waals surface area contributed by atoms with Gasteiger partial charge in [0.2, 0.25) is 5.91 Å². The molecule has 0 radical (unpaired) electrons. The fourth-order valence-electron chi connectivity index (χ4n) is 2.26. The zero-order valence-electron chi connectivity index (χ0n) is 10.4. The van der Waals surface area contributed by atoms with E-state index in [0.29, 0.717) is 17.5 Å². The SMILES string of the molecule is CCC1C(=O)Nc2c(F)cc(C(O)COC)cc21. The Bertz CT molecular complexity index is 476. The molecular formula is C13H16FNO3. The third-order valence-corrected chi connectivity index (χ3v) is 3.20. The van der Waals surface area contributed by atoms with E-state index in [2.05, 4.69) is 5.32 Å². The number of aliphatic hydroxyl groups excluding tert-OH is 1. The van der Waals surface area contributed by atoms with Gasteiger partial charge in [-0.05, 0) is 23.6 Å². The Labute approximate surface area is 105 Å². The van der Waals surface area contributed by atoms with E-state index < -0.39 is 11.9 Å². The lowest BCUT2D eigenvalue weighted by atomic mass is 9.95. The molecule has 4 nitrogen and oxygen atoms in total. The van der Waals surface area contributed by atoms with E-state index in [4.69, 9.17) is 4.74 Å². The summed E-state index contributed by atoms with van der Waals surface area (Å²) in [6.07, 6.45) is -0.287. The second-order valence-corrected chi connectivity index (χ2v) is 4.39. The van der Waals surface area contributed by atoms with E-state index >= 15 is 0 Å². The predicted molar refractivity (Wildman–Crippen MR) is 64.9 cm³/mol. The summed E-state index contributed by atoms with van der Waals surface area (Å²) in [4.78, 5) is 11.7. The molecule has 1 aromatic carbocycles. The topological polar surface area (TPSA) is 58.6 Å². The number of benzene rings is 1. The minimum Gasteiger partial charge on any atom is -0.386 e. The van der Waals surface area contributed by atoms with Gasteiger partial charge >= 0.3 is 0 Å². The monoisotopic (exact) mass is 253 g/mol. The highest BCUT2D eigenvalue weighted by atomic mass is 19.1. The number of aliphatic hydroxyl groups is 1. The largest absolute Gasteiger partial charge is 0.386 e. The van der Waals surface area contributed by atoms with Gasteiger partial charge in [-0.1, -0.05) is 13.0 Å². The Kier molecular flexibility index (Phi) is 3.63. The first-order valence-corrected chi connectivity index (χ1v) is 5.89. The van der Waals surface area contributed by atoms with Crippen molar-refractivity contribution in [2.75, 3.05) is 19.0 Å². The van der Waals surface area contributed by atoms with Crippen molar-refractivity contribution in [1.82, 2.24) is 0 Å². The van der Waals surface area contributed by atoms with Crippen molar-refractivity contribution in [2.24, 2.45) is 0 Å². The number of ether oxygens (including phenoxy) is 1. The highest BCUT2D eigenvalue weighted by molar-refractivity contribution is 6.03. The fourth-order valence-corrected chi connectivity index (χ4v) is 2.26. The summed E-state index contributed by atoms with van der Waals surface area (Å²) in [6, 6.07) is 2.91. The van der Waals surface area contributed by atoms with E-state index in [1.54, 1.807) is 6.07 Å². The highest BCUT2D eigenvalue weighted by Crippen LogP contribution is 2.38. The van der Waals surface area contributed by atoms with Crippen molar-refractivity contribution in [1.29, 1.82) is 0 Å². The number of carbonyl (C=O) groups is 1. The summed E-state index contributed by atoms with van der Waals surface area (Å²) < 4.78 is 18.7. The van der Waals surface area contributed by atoms with E-state index in [9.17, 15) is 14.3 Å². The molecule has 2 rings (SSSR count). The lowest BCUT2D eigenvalue weighted by Gasteiger charge is -2.13. The number of rotatable bonds is 4. The number of nitrogens with one attached hydrogen (secondary N) is 1. The summed E-state index contributed by atoms with van der Waals surface area (Å²) in [5, 5.41) is 12.3. The Morgan fingerprint density at radius 1 is 1.56 bits per heavy atom. The molecule has 2 N–H and O–H groups in total. The average Bonchev–Trinajstić information content (AvgIpc) is 2.65. The van der Waals surface area contributed by atoms with E-state index in [-0.39, 0.29) is 24.1 Å². The van der Waals surface area contributed by atoms with Gasteiger partial charge in [-0.25, -0.2) is 4.39 Å². The molecule has 1 aromatic rings. The Hall–Kier alpha value is -1.46. The molecule has 0 saturated heterocycles. The normalized spacial score (nSPS) is 19.6. The Morgan fingerprint density at radius 3 is 2.89 bits per heavy atom. The molecule has 1 aliphatic rings. The van der Waals surface area contributed by atoms with Gasteiger partial charge < -0.3 is 15.2 Å².